The molecule has 4 heteroatoms. The Morgan fingerprint density at radius 3 is 2.50 bits per heavy atom. The van der Waals surface area contributed by atoms with Gasteiger partial charge in [-0.3, -0.25) is 0 Å². The second kappa shape index (κ2) is 6.76. The molecule has 0 radical (unpaired) electrons. The van der Waals surface area contributed by atoms with E-state index in [2.05, 4.69) is 31.3 Å². The molecule has 0 saturated heterocycles. The molecule has 1 fully saturated rings. The molecule has 0 aromatic rings. The summed E-state index contributed by atoms with van der Waals surface area (Å²) in [5.41, 5.74) is 3.95. The van der Waals surface area contributed by atoms with Gasteiger partial charge in [-0.05, 0) is 43.9 Å². The average molecular weight is 254 g/mol. The Balaban J connectivity index is 2.39. The lowest BCUT2D eigenvalue weighted by atomic mass is 9.69. The number of rotatable bonds is 4. The van der Waals surface area contributed by atoms with E-state index in [1.54, 1.807) is 6.92 Å². The van der Waals surface area contributed by atoms with Crippen LogP contribution in [0.4, 0.5) is 4.79 Å². The summed E-state index contributed by atoms with van der Waals surface area (Å²) in [5.74, 6) is 0.768. The van der Waals surface area contributed by atoms with Crippen molar-refractivity contribution in [1.29, 1.82) is 0 Å². The molecule has 0 aliphatic heterocycles. The SMILES string of the molecule is CCOC(=O)NN=C1CCC(C(C)(C)CC)CC1. The number of nitrogens with zero attached hydrogens (tertiary/aromatic N) is 1. The van der Waals surface area contributed by atoms with Gasteiger partial charge in [0, 0.05) is 5.71 Å². The molecule has 0 atom stereocenters. The number of carbonyl (C=O) groups is 1. The van der Waals surface area contributed by atoms with Crippen LogP contribution in [0, 0.1) is 11.3 Å². The van der Waals surface area contributed by atoms with Crippen molar-refractivity contribution in [3.05, 3.63) is 0 Å². The standard InChI is InChI=1S/C14H26N2O2/c1-5-14(3,4)11-7-9-12(10-8-11)15-16-13(17)18-6-2/h11H,5-10H2,1-4H3,(H,16,17). The minimum atomic E-state index is -0.457. The normalized spacial score (nSPS) is 20.4. The summed E-state index contributed by atoms with van der Waals surface area (Å²) in [6.07, 6.45) is 5.07. The molecular weight excluding hydrogens is 228 g/mol. The van der Waals surface area contributed by atoms with Gasteiger partial charge in [0.25, 0.3) is 0 Å². The summed E-state index contributed by atoms with van der Waals surface area (Å²) in [7, 11) is 0. The number of hydrogen-bond acceptors (Lipinski definition) is 3. The molecule has 1 aliphatic carbocycles. The first-order chi connectivity index (χ1) is 8.49. The smallest absolute Gasteiger partial charge is 0.427 e. The minimum Gasteiger partial charge on any atom is -0.449 e. The van der Waals surface area contributed by atoms with E-state index in [4.69, 9.17) is 4.74 Å². The molecule has 1 amide bonds. The summed E-state index contributed by atoms with van der Waals surface area (Å²) in [6, 6.07) is 0. The Morgan fingerprint density at radius 1 is 1.39 bits per heavy atom. The Hall–Kier alpha value is -1.06. The highest BCUT2D eigenvalue weighted by Crippen LogP contribution is 2.39. The molecule has 0 aromatic heterocycles. The molecule has 1 aliphatic rings. The topological polar surface area (TPSA) is 50.7 Å². The first kappa shape index (κ1) is 15.0. The fraction of sp³-hybridized carbons (Fsp3) is 0.857. The van der Waals surface area contributed by atoms with Gasteiger partial charge in [0.05, 0.1) is 6.61 Å². The second-order valence-electron chi connectivity index (χ2n) is 5.63. The van der Waals surface area contributed by atoms with Crippen molar-refractivity contribution in [2.75, 3.05) is 6.61 Å². The van der Waals surface area contributed by atoms with Crippen molar-refractivity contribution < 1.29 is 9.53 Å². The predicted molar refractivity (Wildman–Crippen MR) is 73.6 cm³/mol. The zero-order valence-corrected chi connectivity index (χ0v) is 12.1. The third-order valence-corrected chi connectivity index (χ3v) is 4.16. The Labute approximate surface area is 110 Å². The Morgan fingerprint density at radius 2 is 2.00 bits per heavy atom. The predicted octanol–water partition coefficient (Wildman–Crippen LogP) is 3.71. The zero-order valence-electron chi connectivity index (χ0n) is 12.1. The number of amides is 1. The molecule has 0 bridgehead atoms. The molecule has 104 valence electrons. The molecule has 1 rings (SSSR count). The minimum absolute atomic E-state index is 0.378. The van der Waals surface area contributed by atoms with Crippen molar-refractivity contribution in [2.45, 2.75) is 59.8 Å². The highest BCUT2D eigenvalue weighted by Gasteiger charge is 2.30. The van der Waals surface area contributed by atoms with E-state index in [1.165, 1.54) is 19.3 Å². The van der Waals surface area contributed by atoms with Crippen LogP contribution in [-0.4, -0.2) is 18.4 Å². The van der Waals surface area contributed by atoms with Gasteiger partial charge in [-0.15, -0.1) is 0 Å². The molecule has 4 nitrogen and oxygen atoms in total. The molecule has 0 unspecified atom stereocenters. The number of nitrogens with one attached hydrogen (secondary N) is 1. The summed E-state index contributed by atoms with van der Waals surface area (Å²) >= 11 is 0. The number of hydrogen-bond donors (Lipinski definition) is 1. The van der Waals surface area contributed by atoms with E-state index in [0.29, 0.717) is 12.0 Å². The first-order valence-electron chi connectivity index (χ1n) is 6.97. The van der Waals surface area contributed by atoms with Crippen LogP contribution in [-0.2, 0) is 4.74 Å². The van der Waals surface area contributed by atoms with E-state index in [-0.39, 0.29) is 0 Å². The maximum Gasteiger partial charge on any atom is 0.427 e. The van der Waals surface area contributed by atoms with Gasteiger partial charge in [-0.2, -0.15) is 5.10 Å². The largest absolute Gasteiger partial charge is 0.449 e. The van der Waals surface area contributed by atoms with E-state index in [1.807, 2.05) is 0 Å². The lowest BCUT2D eigenvalue weighted by Crippen LogP contribution is -2.29. The van der Waals surface area contributed by atoms with Crippen molar-refractivity contribution in [2.24, 2.45) is 16.4 Å². The van der Waals surface area contributed by atoms with Gasteiger partial charge >= 0.3 is 6.09 Å². The molecule has 0 spiro atoms. The van der Waals surface area contributed by atoms with Crippen LogP contribution in [0.3, 0.4) is 0 Å². The maximum atomic E-state index is 11.1. The van der Waals surface area contributed by atoms with Crippen LogP contribution >= 0.6 is 0 Å². The molecule has 1 saturated carbocycles. The van der Waals surface area contributed by atoms with Gasteiger partial charge in [0.15, 0.2) is 0 Å². The fourth-order valence-corrected chi connectivity index (χ4v) is 2.42. The van der Waals surface area contributed by atoms with Crippen molar-refractivity contribution in [1.82, 2.24) is 5.43 Å². The van der Waals surface area contributed by atoms with Crippen LogP contribution in [0.25, 0.3) is 0 Å². The van der Waals surface area contributed by atoms with Crippen LogP contribution in [0.5, 0.6) is 0 Å². The first-order valence-corrected chi connectivity index (χ1v) is 6.97. The van der Waals surface area contributed by atoms with E-state index >= 15 is 0 Å². The quantitative estimate of drug-likeness (QED) is 0.777. The third-order valence-electron chi connectivity index (χ3n) is 4.16. The second-order valence-corrected chi connectivity index (χ2v) is 5.63. The number of carbonyl (C=O) groups excluding carboxylic acids is 1. The summed E-state index contributed by atoms with van der Waals surface area (Å²) in [6.45, 7) is 9.10. The third kappa shape index (κ3) is 4.31. The number of hydrazone groups is 1. The molecule has 0 heterocycles. The Kier molecular flexibility index (Phi) is 5.63. The van der Waals surface area contributed by atoms with Crippen molar-refractivity contribution in [3.63, 3.8) is 0 Å². The van der Waals surface area contributed by atoms with Gasteiger partial charge in [-0.25, -0.2) is 10.2 Å². The van der Waals surface area contributed by atoms with Crippen LogP contribution in [0.2, 0.25) is 0 Å². The van der Waals surface area contributed by atoms with Crippen molar-refractivity contribution >= 4 is 11.8 Å². The molecule has 0 aromatic carbocycles. The molecule has 1 N–H and O–H groups in total. The van der Waals surface area contributed by atoms with Crippen molar-refractivity contribution in [3.8, 4) is 0 Å². The zero-order chi connectivity index (χ0) is 13.6. The van der Waals surface area contributed by atoms with E-state index in [9.17, 15) is 4.79 Å². The van der Waals surface area contributed by atoms with Gasteiger partial charge in [-0.1, -0.05) is 27.2 Å². The lowest BCUT2D eigenvalue weighted by molar-refractivity contribution is 0.152. The lowest BCUT2D eigenvalue weighted by Gasteiger charge is -2.36. The van der Waals surface area contributed by atoms with Gasteiger partial charge < -0.3 is 4.74 Å². The summed E-state index contributed by atoms with van der Waals surface area (Å²) < 4.78 is 4.77. The van der Waals surface area contributed by atoms with Gasteiger partial charge in [0.1, 0.15) is 0 Å². The van der Waals surface area contributed by atoms with Crippen LogP contribution in [0.1, 0.15) is 59.8 Å². The summed E-state index contributed by atoms with van der Waals surface area (Å²) in [5, 5.41) is 4.14. The van der Waals surface area contributed by atoms with E-state index in [0.717, 1.165) is 24.5 Å². The number of ether oxygens (including phenoxy) is 1. The monoisotopic (exact) mass is 254 g/mol. The Bertz CT molecular complexity index is 301. The van der Waals surface area contributed by atoms with Crippen LogP contribution < -0.4 is 5.43 Å². The molecular formula is C14H26N2O2. The van der Waals surface area contributed by atoms with E-state index < -0.39 is 6.09 Å². The average Bonchev–Trinajstić information content (AvgIpc) is 2.37. The fourth-order valence-electron chi connectivity index (χ4n) is 2.42. The highest BCUT2D eigenvalue weighted by molar-refractivity contribution is 5.86. The molecule has 18 heavy (non-hydrogen) atoms. The maximum absolute atomic E-state index is 11.1. The van der Waals surface area contributed by atoms with Gasteiger partial charge in [0.2, 0.25) is 0 Å². The van der Waals surface area contributed by atoms with Crippen LogP contribution in [0.15, 0.2) is 5.10 Å². The highest BCUT2D eigenvalue weighted by atomic mass is 16.5. The summed E-state index contributed by atoms with van der Waals surface area (Å²) in [4.78, 5) is 11.1.